The van der Waals surface area contributed by atoms with Gasteiger partial charge in [-0.15, -0.1) is 0 Å². The summed E-state index contributed by atoms with van der Waals surface area (Å²) in [6.07, 6.45) is 4.19. The van der Waals surface area contributed by atoms with Crippen LogP contribution in [0.4, 0.5) is 5.82 Å². The highest BCUT2D eigenvalue weighted by Gasteiger charge is 2.28. The predicted molar refractivity (Wildman–Crippen MR) is 117 cm³/mol. The zero-order valence-corrected chi connectivity index (χ0v) is 17.7. The minimum atomic E-state index is 0.201. The maximum atomic E-state index is 13.1. The molecule has 1 atom stereocenters. The van der Waals surface area contributed by atoms with Crippen LogP contribution >= 0.6 is 0 Å². The number of likely N-dealkylation sites (tertiary alicyclic amines) is 1. The number of piperazine rings is 1. The molecule has 2 aliphatic rings. The number of carbonyl (C=O) groups excluding carboxylic acids is 1. The SMILES string of the molecule is Cc1ccc(C(=O)N2CCCC(CN3CCN(c4ccccn4)CC3)C2)c(C)c1. The fourth-order valence-corrected chi connectivity index (χ4v) is 4.69. The average molecular weight is 393 g/mol. The van der Waals surface area contributed by atoms with Gasteiger partial charge in [0, 0.05) is 57.6 Å². The lowest BCUT2D eigenvalue weighted by atomic mass is 9.95. The van der Waals surface area contributed by atoms with Gasteiger partial charge in [-0.05, 0) is 56.4 Å². The van der Waals surface area contributed by atoms with Crippen LogP contribution in [0.1, 0.15) is 34.3 Å². The Morgan fingerprint density at radius 3 is 2.62 bits per heavy atom. The van der Waals surface area contributed by atoms with Crippen LogP contribution < -0.4 is 4.90 Å². The van der Waals surface area contributed by atoms with Gasteiger partial charge < -0.3 is 9.80 Å². The highest BCUT2D eigenvalue weighted by Crippen LogP contribution is 2.22. The molecule has 1 unspecified atom stereocenters. The standard InChI is InChI=1S/C24H32N4O/c1-19-8-9-22(20(2)16-19)24(29)28-11-5-6-21(18-28)17-26-12-14-27(15-13-26)23-7-3-4-10-25-23/h3-4,7-10,16,21H,5-6,11-15,17-18H2,1-2H3. The Hall–Kier alpha value is -2.40. The Bertz CT molecular complexity index is 830. The lowest BCUT2D eigenvalue weighted by Gasteiger charge is -2.39. The number of nitrogens with zero attached hydrogens (tertiary/aromatic N) is 4. The topological polar surface area (TPSA) is 39.7 Å². The molecular formula is C24H32N4O. The highest BCUT2D eigenvalue weighted by molar-refractivity contribution is 5.95. The maximum absolute atomic E-state index is 13.1. The molecular weight excluding hydrogens is 360 g/mol. The predicted octanol–water partition coefficient (Wildman–Crippen LogP) is 3.37. The van der Waals surface area contributed by atoms with Gasteiger partial charge in [0.2, 0.25) is 0 Å². The average Bonchev–Trinajstić information content (AvgIpc) is 2.75. The van der Waals surface area contributed by atoms with Crippen LogP contribution in [0.5, 0.6) is 0 Å². The van der Waals surface area contributed by atoms with E-state index in [9.17, 15) is 4.79 Å². The number of amides is 1. The Balaban J connectivity index is 1.31. The van der Waals surface area contributed by atoms with E-state index >= 15 is 0 Å². The normalized spacial score (nSPS) is 20.7. The molecule has 0 bridgehead atoms. The summed E-state index contributed by atoms with van der Waals surface area (Å²) in [5.74, 6) is 1.85. The van der Waals surface area contributed by atoms with E-state index in [4.69, 9.17) is 0 Å². The number of aryl methyl sites for hydroxylation is 2. The molecule has 2 aliphatic heterocycles. The Kier molecular flexibility index (Phi) is 6.14. The van der Waals surface area contributed by atoms with Crippen molar-refractivity contribution in [3.8, 4) is 0 Å². The summed E-state index contributed by atoms with van der Waals surface area (Å²) >= 11 is 0. The molecule has 29 heavy (non-hydrogen) atoms. The van der Waals surface area contributed by atoms with Crippen LogP contribution in [-0.4, -0.2) is 66.5 Å². The summed E-state index contributed by atoms with van der Waals surface area (Å²) in [7, 11) is 0. The molecule has 1 aromatic heterocycles. The fraction of sp³-hybridized carbons (Fsp3) is 0.500. The summed E-state index contributed by atoms with van der Waals surface area (Å²) in [5.41, 5.74) is 3.16. The van der Waals surface area contributed by atoms with Gasteiger partial charge in [0.1, 0.15) is 5.82 Å². The van der Waals surface area contributed by atoms with Gasteiger partial charge in [0.25, 0.3) is 5.91 Å². The molecule has 0 spiro atoms. The first-order valence-electron chi connectivity index (χ1n) is 10.8. The number of hydrogen-bond acceptors (Lipinski definition) is 4. The van der Waals surface area contributed by atoms with Gasteiger partial charge in [-0.25, -0.2) is 4.98 Å². The third kappa shape index (κ3) is 4.78. The quantitative estimate of drug-likeness (QED) is 0.800. The van der Waals surface area contributed by atoms with Gasteiger partial charge in [-0.2, -0.15) is 0 Å². The molecule has 0 radical (unpaired) electrons. The van der Waals surface area contributed by atoms with Gasteiger partial charge in [-0.3, -0.25) is 9.69 Å². The summed E-state index contributed by atoms with van der Waals surface area (Å²) < 4.78 is 0. The molecule has 2 saturated heterocycles. The molecule has 1 amide bonds. The molecule has 0 saturated carbocycles. The molecule has 4 rings (SSSR count). The second-order valence-electron chi connectivity index (χ2n) is 8.55. The number of rotatable bonds is 4. The third-order valence-electron chi connectivity index (χ3n) is 6.28. The van der Waals surface area contributed by atoms with Crippen molar-refractivity contribution in [3.05, 3.63) is 59.3 Å². The molecule has 5 heteroatoms. The summed E-state index contributed by atoms with van der Waals surface area (Å²) in [4.78, 5) is 24.6. The number of aromatic nitrogens is 1. The van der Waals surface area contributed by atoms with Crippen LogP contribution in [0, 0.1) is 19.8 Å². The zero-order chi connectivity index (χ0) is 20.2. The number of carbonyl (C=O) groups is 1. The van der Waals surface area contributed by atoms with E-state index in [1.165, 1.54) is 12.0 Å². The van der Waals surface area contributed by atoms with Crippen LogP contribution in [0.25, 0.3) is 0 Å². The molecule has 154 valence electrons. The van der Waals surface area contributed by atoms with Crippen molar-refractivity contribution in [2.75, 3.05) is 50.7 Å². The van der Waals surface area contributed by atoms with Gasteiger partial charge in [0.15, 0.2) is 0 Å². The van der Waals surface area contributed by atoms with E-state index in [0.29, 0.717) is 5.92 Å². The monoisotopic (exact) mass is 392 g/mol. The van der Waals surface area contributed by atoms with Crippen LogP contribution in [0.3, 0.4) is 0 Å². The number of piperidine rings is 1. The largest absolute Gasteiger partial charge is 0.354 e. The van der Waals surface area contributed by atoms with Gasteiger partial charge >= 0.3 is 0 Å². The number of pyridine rings is 1. The Morgan fingerprint density at radius 1 is 1.07 bits per heavy atom. The Morgan fingerprint density at radius 2 is 1.90 bits per heavy atom. The molecule has 0 aliphatic carbocycles. The summed E-state index contributed by atoms with van der Waals surface area (Å²) in [6.45, 7) is 11.2. The first kappa shape index (κ1) is 19.9. The van der Waals surface area contributed by atoms with E-state index in [-0.39, 0.29) is 5.91 Å². The van der Waals surface area contributed by atoms with Crippen LogP contribution in [0.2, 0.25) is 0 Å². The molecule has 0 N–H and O–H groups in total. The van der Waals surface area contributed by atoms with Crippen molar-refractivity contribution < 1.29 is 4.79 Å². The van der Waals surface area contributed by atoms with Crippen molar-refractivity contribution in [2.24, 2.45) is 5.92 Å². The van der Waals surface area contributed by atoms with E-state index in [1.807, 2.05) is 31.3 Å². The smallest absolute Gasteiger partial charge is 0.254 e. The van der Waals surface area contributed by atoms with Crippen LogP contribution in [0.15, 0.2) is 42.6 Å². The number of benzene rings is 1. The zero-order valence-electron chi connectivity index (χ0n) is 17.7. The maximum Gasteiger partial charge on any atom is 0.254 e. The number of hydrogen-bond donors (Lipinski definition) is 0. The van der Waals surface area contributed by atoms with E-state index in [0.717, 1.165) is 69.2 Å². The molecule has 2 fully saturated rings. The first-order valence-corrected chi connectivity index (χ1v) is 10.8. The van der Waals surface area contributed by atoms with Crippen molar-refractivity contribution in [1.82, 2.24) is 14.8 Å². The lowest BCUT2D eigenvalue weighted by Crippen LogP contribution is -2.50. The van der Waals surface area contributed by atoms with Crippen molar-refractivity contribution in [1.29, 1.82) is 0 Å². The van der Waals surface area contributed by atoms with Crippen molar-refractivity contribution >= 4 is 11.7 Å². The highest BCUT2D eigenvalue weighted by atomic mass is 16.2. The van der Waals surface area contributed by atoms with Gasteiger partial charge in [0.05, 0.1) is 0 Å². The summed E-state index contributed by atoms with van der Waals surface area (Å²) in [5, 5.41) is 0. The second-order valence-corrected chi connectivity index (χ2v) is 8.55. The van der Waals surface area contributed by atoms with Crippen molar-refractivity contribution in [3.63, 3.8) is 0 Å². The Labute approximate surface area is 174 Å². The molecule has 5 nitrogen and oxygen atoms in total. The first-order chi connectivity index (χ1) is 14.1. The van der Waals surface area contributed by atoms with Crippen molar-refractivity contribution in [2.45, 2.75) is 26.7 Å². The minimum Gasteiger partial charge on any atom is -0.354 e. The van der Waals surface area contributed by atoms with E-state index in [1.54, 1.807) is 0 Å². The van der Waals surface area contributed by atoms with E-state index < -0.39 is 0 Å². The van der Waals surface area contributed by atoms with E-state index in [2.05, 4.69) is 44.8 Å². The number of anilines is 1. The lowest BCUT2D eigenvalue weighted by molar-refractivity contribution is 0.0636. The van der Waals surface area contributed by atoms with Gasteiger partial charge in [-0.1, -0.05) is 23.8 Å². The third-order valence-corrected chi connectivity index (χ3v) is 6.28. The minimum absolute atomic E-state index is 0.201. The van der Waals surface area contributed by atoms with Crippen LogP contribution in [-0.2, 0) is 0 Å². The molecule has 1 aromatic carbocycles. The molecule has 2 aromatic rings. The fourth-order valence-electron chi connectivity index (χ4n) is 4.69. The molecule has 3 heterocycles. The second kappa shape index (κ2) is 8.95. The summed E-state index contributed by atoms with van der Waals surface area (Å²) in [6, 6.07) is 12.3.